The van der Waals surface area contributed by atoms with E-state index >= 15 is 0 Å². The molecule has 2 aliphatic rings. The Hall–Kier alpha value is -2.69. The first-order valence-corrected chi connectivity index (χ1v) is 7.38. The third-order valence-corrected chi connectivity index (χ3v) is 4.22. The molecule has 0 radical (unpaired) electrons. The molecule has 2 aromatic rings. The summed E-state index contributed by atoms with van der Waals surface area (Å²) in [5.41, 5.74) is 3.25. The fraction of sp³-hybridized carbons (Fsp3) is 0.235. The van der Waals surface area contributed by atoms with E-state index < -0.39 is 0 Å². The molecule has 3 heterocycles. The van der Waals surface area contributed by atoms with Crippen LogP contribution in [0.2, 0.25) is 0 Å². The molecular formula is C17H16N4O. The van der Waals surface area contributed by atoms with E-state index in [1.54, 1.807) is 24.5 Å². The minimum atomic E-state index is -0.140. The summed E-state index contributed by atoms with van der Waals surface area (Å²) in [5, 5.41) is 3.00. The first-order chi connectivity index (χ1) is 10.7. The van der Waals surface area contributed by atoms with Gasteiger partial charge in [-0.3, -0.25) is 4.79 Å². The zero-order valence-corrected chi connectivity index (χ0v) is 12.3. The molecule has 4 rings (SSSR count). The second kappa shape index (κ2) is 4.66. The van der Waals surface area contributed by atoms with Gasteiger partial charge in [-0.05, 0) is 43.0 Å². The summed E-state index contributed by atoms with van der Waals surface area (Å²) < 4.78 is 0. The summed E-state index contributed by atoms with van der Waals surface area (Å²) in [4.78, 5) is 23.7. The van der Waals surface area contributed by atoms with E-state index in [0.29, 0.717) is 17.4 Å². The van der Waals surface area contributed by atoms with E-state index in [2.05, 4.69) is 26.8 Å². The fourth-order valence-corrected chi connectivity index (χ4v) is 2.87. The van der Waals surface area contributed by atoms with Crippen molar-refractivity contribution in [2.75, 3.05) is 10.2 Å². The lowest BCUT2D eigenvalue weighted by molar-refractivity contribution is 0.102. The van der Waals surface area contributed by atoms with Gasteiger partial charge in [0.2, 0.25) is 0 Å². The zero-order chi connectivity index (χ0) is 15.3. The van der Waals surface area contributed by atoms with Crippen molar-refractivity contribution in [2.24, 2.45) is 0 Å². The molecule has 0 bridgehead atoms. The monoisotopic (exact) mass is 292 g/mol. The highest BCUT2D eigenvalue weighted by atomic mass is 16.1. The van der Waals surface area contributed by atoms with Crippen molar-refractivity contribution >= 4 is 29.3 Å². The molecule has 0 atom stereocenters. The largest absolute Gasteiger partial charge is 0.318 e. The third-order valence-electron chi connectivity index (χ3n) is 4.22. The molecule has 1 aliphatic heterocycles. The van der Waals surface area contributed by atoms with Gasteiger partial charge in [0.05, 0.1) is 11.3 Å². The van der Waals surface area contributed by atoms with Crippen molar-refractivity contribution in [1.29, 1.82) is 0 Å². The molecule has 1 N–H and O–H groups in total. The van der Waals surface area contributed by atoms with Crippen LogP contribution >= 0.6 is 0 Å². The first kappa shape index (κ1) is 13.0. The number of fused-ring (bicyclic) bond motifs is 2. The quantitative estimate of drug-likeness (QED) is 0.922. The molecule has 110 valence electrons. The van der Waals surface area contributed by atoms with Crippen molar-refractivity contribution in [3.8, 4) is 0 Å². The Balaban J connectivity index is 2.00. The highest BCUT2D eigenvalue weighted by molar-refractivity contribution is 6.12. The molecular weight excluding hydrogens is 276 g/mol. The molecule has 22 heavy (non-hydrogen) atoms. The van der Waals surface area contributed by atoms with E-state index in [0.717, 1.165) is 35.5 Å². The van der Waals surface area contributed by atoms with Gasteiger partial charge in [0.1, 0.15) is 5.82 Å². The van der Waals surface area contributed by atoms with Crippen molar-refractivity contribution < 1.29 is 4.79 Å². The number of aromatic nitrogens is 2. The molecule has 0 aromatic carbocycles. The number of anilines is 3. The Kier molecular flexibility index (Phi) is 2.76. The number of nitrogens with zero attached hydrogens (tertiary/aromatic N) is 3. The topological polar surface area (TPSA) is 58.1 Å². The number of carbonyl (C=O) groups is 1. The van der Waals surface area contributed by atoms with Gasteiger partial charge < -0.3 is 10.2 Å². The van der Waals surface area contributed by atoms with Crippen LogP contribution < -0.4 is 10.2 Å². The predicted octanol–water partition coefficient (Wildman–Crippen LogP) is 3.29. The second-order valence-electron chi connectivity index (χ2n) is 5.67. The van der Waals surface area contributed by atoms with Gasteiger partial charge in [-0.1, -0.05) is 12.7 Å². The van der Waals surface area contributed by atoms with Crippen LogP contribution in [-0.4, -0.2) is 21.9 Å². The number of amides is 1. The van der Waals surface area contributed by atoms with Crippen LogP contribution in [0.5, 0.6) is 0 Å². The normalized spacial score (nSPS) is 16.4. The maximum absolute atomic E-state index is 12.6. The van der Waals surface area contributed by atoms with Crippen LogP contribution in [0.15, 0.2) is 31.1 Å². The first-order valence-electron chi connectivity index (χ1n) is 7.38. The zero-order valence-electron chi connectivity index (χ0n) is 12.3. The Morgan fingerprint density at radius 3 is 2.91 bits per heavy atom. The molecule has 0 unspecified atom stereocenters. The number of pyridine rings is 2. The summed E-state index contributed by atoms with van der Waals surface area (Å²) in [6, 6.07) is 3.96. The number of hydrogen-bond acceptors (Lipinski definition) is 4. The summed E-state index contributed by atoms with van der Waals surface area (Å²) >= 11 is 0. The van der Waals surface area contributed by atoms with Crippen molar-refractivity contribution in [1.82, 2.24) is 9.97 Å². The van der Waals surface area contributed by atoms with E-state index in [1.165, 1.54) is 0 Å². The Labute approximate surface area is 128 Å². The van der Waals surface area contributed by atoms with Crippen LogP contribution in [0.3, 0.4) is 0 Å². The average Bonchev–Trinajstić information content (AvgIpc) is 3.36. The Bertz CT molecular complexity index is 795. The average molecular weight is 292 g/mol. The smallest absolute Gasteiger partial charge is 0.259 e. The fourth-order valence-electron chi connectivity index (χ4n) is 2.87. The van der Waals surface area contributed by atoms with Crippen LogP contribution in [0.4, 0.5) is 17.3 Å². The van der Waals surface area contributed by atoms with Crippen LogP contribution in [0, 0.1) is 6.92 Å². The molecule has 5 nitrogen and oxygen atoms in total. The lowest BCUT2D eigenvalue weighted by Crippen LogP contribution is -2.22. The maximum atomic E-state index is 12.6. The summed E-state index contributed by atoms with van der Waals surface area (Å²) in [7, 11) is 0. The van der Waals surface area contributed by atoms with E-state index in [-0.39, 0.29) is 5.91 Å². The highest BCUT2D eigenvalue weighted by Gasteiger charge is 2.38. The maximum Gasteiger partial charge on any atom is 0.259 e. The molecule has 2 aromatic heterocycles. The van der Waals surface area contributed by atoms with Crippen LogP contribution in [0.1, 0.15) is 34.3 Å². The van der Waals surface area contributed by atoms with E-state index in [1.807, 2.05) is 13.0 Å². The molecule has 1 fully saturated rings. The van der Waals surface area contributed by atoms with Crippen molar-refractivity contribution in [3.05, 3.63) is 47.8 Å². The molecule has 1 aliphatic carbocycles. The lowest BCUT2D eigenvalue weighted by atomic mass is 10.1. The van der Waals surface area contributed by atoms with Gasteiger partial charge in [-0.2, -0.15) is 0 Å². The van der Waals surface area contributed by atoms with Gasteiger partial charge in [-0.15, -0.1) is 0 Å². The Morgan fingerprint density at radius 1 is 1.36 bits per heavy atom. The third kappa shape index (κ3) is 1.82. The number of rotatable bonds is 2. The molecule has 1 amide bonds. The van der Waals surface area contributed by atoms with E-state index in [4.69, 9.17) is 0 Å². The highest BCUT2D eigenvalue weighted by Crippen LogP contribution is 2.44. The summed E-state index contributed by atoms with van der Waals surface area (Å²) in [6.07, 6.45) is 7.46. The van der Waals surface area contributed by atoms with Gasteiger partial charge in [0, 0.05) is 18.4 Å². The molecule has 1 saturated carbocycles. The van der Waals surface area contributed by atoms with Gasteiger partial charge in [0.25, 0.3) is 5.91 Å². The number of carbonyl (C=O) groups excluding carboxylic acids is 1. The standard InChI is InChI=1S/C17H16N4O/c1-3-11-9-19-16-14(10(11)2)20-17(22)13-5-4-8-18-15(13)21(16)12-6-7-12/h3-5,8-9,12H,1,6-7H2,2H3,(H,20,22). The van der Waals surface area contributed by atoms with E-state index in [9.17, 15) is 4.79 Å². The number of nitrogens with one attached hydrogen (secondary N) is 1. The molecule has 5 heteroatoms. The van der Waals surface area contributed by atoms with Gasteiger partial charge in [0.15, 0.2) is 5.82 Å². The predicted molar refractivity (Wildman–Crippen MR) is 86.4 cm³/mol. The van der Waals surface area contributed by atoms with Gasteiger partial charge in [-0.25, -0.2) is 9.97 Å². The minimum Gasteiger partial charge on any atom is -0.318 e. The SMILES string of the molecule is C=Cc1cnc2c(c1C)NC(=O)c1cccnc1N2C1CC1. The summed E-state index contributed by atoms with van der Waals surface area (Å²) in [6.45, 7) is 5.79. The van der Waals surface area contributed by atoms with Gasteiger partial charge >= 0.3 is 0 Å². The van der Waals surface area contributed by atoms with Crippen molar-refractivity contribution in [3.63, 3.8) is 0 Å². The minimum absolute atomic E-state index is 0.140. The summed E-state index contributed by atoms with van der Waals surface area (Å²) in [5.74, 6) is 1.33. The molecule has 0 saturated heterocycles. The Morgan fingerprint density at radius 2 is 2.18 bits per heavy atom. The van der Waals surface area contributed by atoms with Crippen molar-refractivity contribution in [2.45, 2.75) is 25.8 Å². The second-order valence-corrected chi connectivity index (χ2v) is 5.67. The van der Waals surface area contributed by atoms with Crippen LogP contribution in [-0.2, 0) is 0 Å². The molecule has 0 spiro atoms. The van der Waals surface area contributed by atoms with Crippen LogP contribution in [0.25, 0.3) is 6.08 Å². The number of hydrogen-bond donors (Lipinski definition) is 1. The lowest BCUT2D eigenvalue weighted by Gasteiger charge is -2.24.